The maximum Gasteiger partial charge on any atom is 0.277 e. The summed E-state index contributed by atoms with van der Waals surface area (Å²) < 4.78 is 79.4. The summed E-state index contributed by atoms with van der Waals surface area (Å²) >= 11 is 0. The average molecular weight is 1300 g/mol. The van der Waals surface area contributed by atoms with Crippen LogP contribution in [0.15, 0.2) is 214 Å². The maximum atomic E-state index is 7.71. The molecule has 0 atom stereocenters. The Morgan fingerprint density at radius 2 is 0.742 bits per heavy atom. The Kier molecular flexibility index (Phi) is 15.1. The number of aromatic nitrogens is 20. The molecule has 0 aliphatic heterocycles. The van der Waals surface area contributed by atoms with Crippen LogP contribution >= 0.6 is 0 Å². The van der Waals surface area contributed by atoms with Gasteiger partial charge >= 0.3 is 0 Å². The van der Waals surface area contributed by atoms with E-state index in [1.807, 2.05) is 161 Å². The Labute approximate surface area is 573 Å². The lowest BCUT2D eigenvalue weighted by Gasteiger charge is -2.06. The number of rotatable bonds is 8. The molecule has 16 aromatic heterocycles. The fraction of sp³-hybridized carbons (Fsp3) is 0.221. The van der Waals surface area contributed by atoms with Crippen LogP contribution in [-0.2, 0) is 84.6 Å². The fourth-order valence-corrected chi connectivity index (χ4v) is 13.1. The summed E-state index contributed by atoms with van der Waals surface area (Å²) in [4.78, 5) is 17.6. The van der Waals surface area contributed by atoms with Crippen LogP contribution < -0.4 is 36.5 Å². The molecule has 0 saturated carbocycles. The lowest BCUT2D eigenvalue weighted by Crippen LogP contribution is -2.40. The molecular formula is C77H86N20+8. The molecule has 0 saturated heterocycles. The summed E-state index contributed by atoms with van der Waals surface area (Å²) in [6.45, 7) is 1.70. The van der Waals surface area contributed by atoms with Crippen molar-refractivity contribution < 1.29 is 44.8 Å². The minimum absolute atomic E-state index is 0.152. The molecule has 0 bridgehead atoms. The van der Waals surface area contributed by atoms with Gasteiger partial charge < -0.3 is 18.3 Å². The van der Waals surface area contributed by atoms with E-state index in [2.05, 4.69) is 219 Å². The molecule has 0 spiro atoms. The molecule has 0 N–H and O–H groups in total. The summed E-state index contributed by atoms with van der Waals surface area (Å²) in [5, 5.41) is 0. The smallest absolute Gasteiger partial charge is 0.277 e. The molecule has 0 radical (unpaired) electrons. The standard InChI is InChI=1S/C20H23N5.3C19H21N5/c1-14-15(2)25-13-19(24(5)20(25)21-14)18-11-8-10-17(23(18)4)16-9-6-7-12-22(16)3;1-14-8-10-21(2)17(12-14)15-6-5-7-16(22(15)3)18-13-24-11-9-20-19(24)23(18)4;1-14-8-9-15(21(2)12-14)16-6-5-7-17(22(16)3)18-13-24-11-10-20-19(24)23(18)4;1-14-11-16(15-7-5-6-9-21(15)2)22(3)17(12-14)18-13-24-10-8-20-19(24)23(18)4/h6-13H,1-5H3;3*5-13H,1-4H3/q4*+2/i2*1D3;;. The number of aryl methyl sites for hydroxylation is 13. The van der Waals surface area contributed by atoms with E-state index in [0.29, 0.717) is 17.0 Å². The second kappa shape index (κ2) is 25.8. The van der Waals surface area contributed by atoms with Gasteiger partial charge in [0.15, 0.2) is 24.8 Å². The van der Waals surface area contributed by atoms with E-state index < -0.39 is 13.7 Å². The molecule has 97 heavy (non-hydrogen) atoms. The van der Waals surface area contributed by atoms with E-state index in [0.717, 1.165) is 80.0 Å². The van der Waals surface area contributed by atoms with Gasteiger partial charge in [-0.1, -0.05) is 0 Å². The van der Waals surface area contributed by atoms with Crippen molar-refractivity contribution in [3.63, 3.8) is 0 Å². The van der Waals surface area contributed by atoms with Crippen LogP contribution in [-0.4, -0.2) is 55.8 Å². The topological polar surface area (TPSA) is 120 Å². The SMILES string of the molecule is Cc1cc(-c2cn3ccnc3n2C)[n+](C)c(-c2cccc[n+]2C)c1.Cc1ccc(-c2cccc(-c3cn4ccnc4n3C)[n+]2C)[n+](C)c1.[2H]C([2H])([2H])c1cc[n+](C)c(-c2cccc(-c3cn4ccnc4n3C)[n+]2C)c1.[2H]C([2H])([2H])c1nc2n(C)c(-c3cccc(-c4cccc[n+]4C)[n+]3C)cn2c1C. The maximum absolute atomic E-state index is 7.71. The van der Waals surface area contributed by atoms with Gasteiger partial charge in [0.2, 0.25) is 45.9 Å². The minimum Gasteiger partial charge on any atom is -0.308 e. The Hall–Kier alpha value is -11.8. The van der Waals surface area contributed by atoms with E-state index >= 15 is 0 Å². The monoisotopic (exact) mass is 1300 g/mol. The van der Waals surface area contributed by atoms with Crippen LogP contribution in [0.25, 0.3) is 114 Å². The molecule has 16 rings (SSSR count). The van der Waals surface area contributed by atoms with Crippen LogP contribution in [0.3, 0.4) is 0 Å². The number of hydrogen-bond donors (Lipinski definition) is 0. The van der Waals surface area contributed by atoms with Gasteiger partial charge in [-0.2, -0.15) is 36.5 Å². The van der Waals surface area contributed by atoms with Crippen molar-refractivity contribution in [2.75, 3.05) is 0 Å². The number of pyridine rings is 8. The molecule has 0 unspecified atom stereocenters. The third-order valence-electron chi connectivity index (χ3n) is 18.5. The third kappa shape index (κ3) is 11.7. The lowest BCUT2D eigenvalue weighted by atomic mass is 10.1. The third-order valence-corrected chi connectivity index (χ3v) is 18.5. The quantitative estimate of drug-likeness (QED) is 0.143. The van der Waals surface area contributed by atoms with Gasteiger partial charge in [-0.15, -0.1) is 0 Å². The van der Waals surface area contributed by atoms with E-state index in [1.54, 1.807) is 31.5 Å². The summed E-state index contributed by atoms with van der Waals surface area (Å²) in [7, 11) is 24.4. The molecule has 16 heterocycles. The highest BCUT2D eigenvalue weighted by molar-refractivity contribution is 5.63. The molecule has 486 valence electrons. The van der Waals surface area contributed by atoms with E-state index in [9.17, 15) is 0 Å². The zero-order valence-electron chi connectivity index (χ0n) is 63.7. The Morgan fingerprint density at radius 3 is 1.21 bits per heavy atom. The predicted molar refractivity (Wildman–Crippen MR) is 373 cm³/mol. The average Bonchev–Trinajstić information content (AvgIpc) is 1.64. The van der Waals surface area contributed by atoms with Crippen molar-refractivity contribution in [1.82, 2.24) is 55.8 Å². The molecule has 20 heteroatoms. The first kappa shape index (κ1) is 56.7. The lowest BCUT2D eigenvalue weighted by molar-refractivity contribution is -0.685. The second-order valence-electron chi connectivity index (χ2n) is 24.8. The number of nitrogens with zero attached hydrogens (tertiary/aromatic N) is 20. The van der Waals surface area contributed by atoms with E-state index in [4.69, 9.17) is 8.22 Å². The van der Waals surface area contributed by atoms with Crippen molar-refractivity contribution in [3.05, 3.63) is 242 Å². The molecule has 0 amide bonds. The van der Waals surface area contributed by atoms with Crippen molar-refractivity contribution in [2.45, 2.75) is 34.5 Å². The molecule has 16 aromatic rings. The van der Waals surface area contributed by atoms with Crippen molar-refractivity contribution in [1.29, 1.82) is 0 Å². The van der Waals surface area contributed by atoms with E-state index in [1.165, 1.54) is 39.6 Å². The molecule has 0 aliphatic carbocycles. The Morgan fingerprint density at radius 1 is 0.340 bits per heavy atom. The van der Waals surface area contributed by atoms with Crippen molar-refractivity contribution in [2.24, 2.45) is 84.6 Å². The summed E-state index contributed by atoms with van der Waals surface area (Å²) in [5.74, 6) is 3.37. The number of hydrogen-bond acceptors (Lipinski definition) is 4. The molecule has 20 nitrogen and oxygen atoms in total. The normalized spacial score (nSPS) is 12.5. The highest BCUT2D eigenvalue weighted by Gasteiger charge is 2.30. The van der Waals surface area contributed by atoms with Gasteiger partial charge in [-0.05, 0) is 82.0 Å². The fourth-order valence-electron chi connectivity index (χ4n) is 13.1. The highest BCUT2D eigenvalue weighted by Crippen LogP contribution is 2.27. The number of imidazole rings is 8. The summed E-state index contributed by atoms with van der Waals surface area (Å²) in [6, 6.07) is 43.2. The van der Waals surface area contributed by atoms with Gasteiger partial charge in [0.25, 0.3) is 45.6 Å². The van der Waals surface area contributed by atoms with Crippen LogP contribution in [0.1, 0.15) is 36.3 Å². The van der Waals surface area contributed by atoms with Crippen LogP contribution in [0, 0.1) is 34.5 Å². The highest BCUT2D eigenvalue weighted by atomic mass is 15.2. The van der Waals surface area contributed by atoms with E-state index in [-0.39, 0.29) is 5.69 Å². The second-order valence-corrected chi connectivity index (χ2v) is 24.8. The minimum atomic E-state index is -2.22. The van der Waals surface area contributed by atoms with Gasteiger partial charge in [0, 0.05) is 201 Å². The van der Waals surface area contributed by atoms with Gasteiger partial charge in [-0.3, -0.25) is 17.6 Å². The van der Waals surface area contributed by atoms with Crippen LogP contribution in [0.5, 0.6) is 0 Å². The first-order valence-electron chi connectivity index (χ1n) is 35.0. The summed E-state index contributed by atoms with van der Waals surface area (Å²) in [6.07, 6.45) is 27.6. The molecule has 0 aromatic carbocycles. The zero-order chi connectivity index (χ0) is 73.2. The van der Waals surface area contributed by atoms with Crippen LogP contribution in [0.2, 0.25) is 0 Å². The largest absolute Gasteiger partial charge is 0.308 e. The zero-order valence-corrected chi connectivity index (χ0v) is 57.7. The molecule has 0 aliphatic rings. The first-order valence-corrected chi connectivity index (χ1v) is 32.0. The van der Waals surface area contributed by atoms with Crippen molar-refractivity contribution in [3.8, 4) is 91.1 Å². The molecule has 0 fully saturated rings. The van der Waals surface area contributed by atoms with Gasteiger partial charge in [0.1, 0.15) is 79.2 Å². The van der Waals surface area contributed by atoms with Gasteiger partial charge in [-0.25, -0.2) is 19.9 Å². The Balaban J connectivity index is 0.000000123. The molecular weight excluding hydrogens is 1200 g/mol. The first-order chi connectivity index (χ1) is 49.1. The summed E-state index contributed by atoms with van der Waals surface area (Å²) in [5.41, 5.74) is 20.9. The predicted octanol–water partition coefficient (Wildman–Crippen LogP) is 8.17. The van der Waals surface area contributed by atoms with Crippen molar-refractivity contribution >= 4 is 23.1 Å². The number of fused-ring (bicyclic) bond motifs is 4. The van der Waals surface area contributed by atoms with Crippen LogP contribution in [0.4, 0.5) is 0 Å². The van der Waals surface area contributed by atoms with Gasteiger partial charge in [0.05, 0.1) is 5.69 Å². The Bertz CT molecular complexity index is 5900.